The fraction of sp³-hybridized carbons (Fsp3) is 0.100. The summed E-state index contributed by atoms with van der Waals surface area (Å²) in [7, 11) is 0. The Kier molecular flexibility index (Phi) is 3.67. The molecular formula is C10H6BrCl2NS. The second-order valence-electron chi connectivity index (χ2n) is 2.84. The van der Waals surface area contributed by atoms with Crippen LogP contribution in [0.15, 0.2) is 34.1 Å². The van der Waals surface area contributed by atoms with Crippen molar-refractivity contribution >= 4 is 50.5 Å². The highest BCUT2D eigenvalue weighted by Crippen LogP contribution is 2.38. The van der Waals surface area contributed by atoms with Crippen LogP contribution in [0, 0.1) is 0 Å². The lowest BCUT2D eigenvalue weighted by atomic mass is 10.2. The molecule has 78 valence electrons. The third-order valence-corrected chi connectivity index (χ3v) is 4.05. The Labute approximate surface area is 110 Å². The third kappa shape index (κ3) is 2.53. The van der Waals surface area contributed by atoms with Gasteiger partial charge in [-0.3, -0.25) is 0 Å². The second-order valence-corrected chi connectivity index (χ2v) is 6.26. The SMILES string of the molecule is ClC(Cl)c1nc(-c2ccccc2)sc1Br. The summed E-state index contributed by atoms with van der Waals surface area (Å²) in [6.45, 7) is 0. The average Bonchev–Trinajstić information content (AvgIpc) is 2.62. The Bertz CT molecular complexity index is 456. The Balaban J connectivity index is 2.43. The number of hydrogen-bond acceptors (Lipinski definition) is 2. The van der Waals surface area contributed by atoms with Gasteiger partial charge in [0.1, 0.15) is 5.01 Å². The zero-order chi connectivity index (χ0) is 10.8. The summed E-state index contributed by atoms with van der Waals surface area (Å²) in [5.74, 6) is 0. The van der Waals surface area contributed by atoms with Gasteiger partial charge in [-0.25, -0.2) is 4.98 Å². The average molecular weight is 323 g/mol. The first-order valence-electron chi connectivity index (χ1n) is 4.18. The first-order chi connectivity index (χ1) is 7.18. The van der Waals surface area contributed by atoms with E-state index >= 15 is 0 Å². The zero-order valence-corrected chi connectivity index (χ0v) is 11.4. The fourth-order valence-electron chi connectivity index (χ4n) is 1.15. The van der Waals surface area contributed by atoms with Gasteiger partial charge in [-0.05, 0) is 15.9 Å². The van der Waals surface area contributed by atoms with Gasteiger partial charge in [0.25, 0.3) is 0 Å². The van der Waals surface area contributed by atoms with Gasteiger partial charge in [0.05, 0.1) is 9.48 Å². The third-order valence-electron chi connectivity index (χ3n) is 1.84. The molecule has 1 nitrogen and oxygen atoms in total. The highest BCUT2D eigenvalue weighted by atomic mass is 79.9. The lowest BCUT2D eigenvalue weighted by Crippen LogP contribution is -1.82. The van der Waals surface area contributed by atoms with Gasteiger partial charge in [0.15, 0.2) is 4.84 Å². The number of rotatable bonds is 2. The van der Waals surface area contributed by atoms with Crippen molar-refractivity contribution in [2.75, 3.05) is 0 Å². The normalized spacial score (nSPS) is 10.9. The van der Waals surface area contributed by atoms with Crippen LogP contribution in [0.3, 0.4) is 0 Å². The Hall–Kier alpha value is -0.0900. The van der Waals surface area contributed by atoms with Crippen LogP contribution in [-0.4, -0.2) is 4.98 Å². The van der Waals surface area contributed by atoms with Crippen molar-refractivity contribution in [3.63, 3.8) is 0 Å². The minimum absolute atomic E-state index is 0.590. The highest BCUT2D eigenvalue weighted by Gasteiger charge is 2.15. The topological polar surface area (TPSA) is 12.9 Å². The maximum absolute atomic E-state index is 5.79. The number of halogens is 3. The van der Waals surface area contributed by atoms with E-state index < -0.39 is 4.84 Å². The van der Waals surface area contributed by atoms with E-state index in [2.05, 4.69) is 20.9 Å². The zero-order valence-electron chi connectivity index (χ0n) is 7.45. The van der Waals surface area contributed by atoms with Crippen molar-refractivity contribution in [2.24, 2.45) is 0 Å². The molecule has 0 atom stereocenters. The predicted octanol–water partition coefficient (Wildman–Crippen LogP) is 5.05. The van der Waals surface area contributed by atoms with Gasteiger partial charge in [-0.2, -0.15) is 0 Å². The van der Waals surface area contributed by atoms with Crippen molar-refractivity contribution in [2.45, 2.75) is 4.84 Å². The molecule has 0 saturated heterocycles. The molecule has 0 bridgehead atoms. The minimum Gasteiger partial charge on any atom is -0.237 e. The molecule has 0 radical (unpaired) electrons. The van der Waals surface area contributed by atoms with Crippen LogP contribution in [0.1, 0.15) is 10.5 Å². The maximum atomic E-state index is 5.79. The summed E-state index contributed by atoms with van der Waals surface area (Å²) in [5.41, 5.74) is 1.76. The molecule has 0 N–H and O–H groups in total. The number of alkyl halides is 2. The number of benzene rings is 1. The molecule has 0 fully saturated rings. The molecular weight excluding hydrogens is 317 g/mol. The molecule has 0 saturated carbocycles. The van der Waals surface area contributed by atoms with Crippen LogP contribution in [0.2, 0.25) is 0 Å². The van der Waals surface area contributed by atoms with Crippen molar-refractivity contribution < 1.29 is 0 Å². The van der Waals surface area contributed by atoms with Crippen LogP contribution in [0.4, 0.5) is 0 Å². The van der Waals surface area contributed by atoms with Gasteiger partial charge in [0.2, 0.25) is 0 Å². The van der Waals surface area contributed by atoms with Crippen LogP contribution in [0.25, 0.3) is 10.6 Å². The predicted molar refractivity (Wildman–Crippen MR) is 69.7 cm³/mol. The van der Waals surface area contributed by atoms with Crippen molar-refractivity contribution in [1.82, 2.24) is 4.98 Å². The molecule has 1 aromatic carbocycles. The molecule has 2 rings (SSSR count). The summed E-state index contributed by atoms with van der Waals surface area (Å²) in [6, 6.07) is 9.93. The molecule has 2 aromatic rings. The van der Waals surface area contributed by atoms with Gasteiger partial charge in [-0.1, -0.05) is 53.5 Å². The van der Waals surface area contributed by atoms with E-state index in [-0.39, 0.29) is 0 Å². The van der Waals surface area contributed by atoms with Crippen LogP contribution in [0.5, 0.6) is 0 Å². The molecule has 0 unspecified atom stereocenters. The molecule has 0 aliphatic carbocycles. The summed E-state index contributed by atoms with van der Waals surface area (Å²) < 4.78 is 0.886. The van der Waals surface area contributed by atoms with E-state index in [1.807, 2.05) is 30.3 Å². The first-order valence-corrected chi connectivity index (χ1v) is 6.66. The summed E-state index contributed by atoms with van der Waals surface area (Å²) in [5, 5.41) is 0.920. The molecule has 15 heavy (non-hydrogen) atoms. The van der Waals surface area contributed by atoms with Gasteiger partial charge in [0, 0.05) is 5.56 Å². The minimum atomic E-state index is -0.590. The van der Waals surface area contributed by atoms with E-state index in [1.54, 1.807) is 0 Å². The van der Waals surface area contributed by atoms with Crippen molar-refractivity contribution in [1.29, 1.82) is 0 Å². The smallest absolute Gasteiger partial charge is 0.151 e. The molecule has 0 aliphatic rings. The van der Waals surface area contributed by atoms with Gasteiger partial charge < -0.3 is 0 Å². The van der Waals surface area contributed by atoms with Crippen molar-refractivity contribution in [3.8, 4) is 10.6 Å². The van der Waals surface area contributed by atoms with Crippen LogP contribution >= 0.6 is 50.5 Å². The van der Waals surface area contributed by atoms with Gasteiger partial charge in [-0.15, -0.1) is 11.3 Å². The summed E-state index contributed by atoms with van der Waals surface area (Å²) in [6.07, 6.45) is 0. The van der Waals surface area contributed by atoms with Crippen LogP contribution in [-0.2, 0) is 0 Å². The quantitative estimate of drug-likeness (QED) is 0.705. The summed E-state index contributed by atoms with van der Waals surface area (Å²) in [4.78, 5) is 3.80. The molecule has 5 heteroatoms. The number of aromatic nitrogens is 1. The lowest BCUT2D eigenvalue weighted by Gasteiger charge is -1.95. The largest absolute Gasteiger partial charge is 0.237 e. The Morgan fingerprint density at radius 1 is 1.20 bits per heavy atom. The molecule has 0 amide bonds. The number of hydrogen-bond donors (Lipinski definition) is 0. The Morgan fingerprint density at radius 3 is 2.40 bits per heavy atom. The van der Waals surface area contributed by atoms with Crippen molar-refractivity contribution in [3.05, 3.63) is 39.8 Å². The standard InChI is InChI=1S/C10H6BrCl2NS/c11-8-7(9(12)13)14-10(15-8)6-4-2-1-3-5-6/h1-5,9H. The van der Waals surface area contributed by atoms with E-state index in [4.69, 9.17) is 23.2 Å². The highest BCUT2D eigenvalue weighted by molar-refractivity contribution is 9.11. The van der Waals surface area contributed by atoms with E-state index in [1.165, 1.54) is 11.3 Å². The molecule has 1 heterocycles. The van der Waals surface area contributed by atoms with E-state index in [0.717, 1.165) is 14.4 Å². The fourth-order valence-corrected chi connectivity index (χ4v) is 3.47. The number of thiazole rings is 1. The van der Waals surface area contributed by atoms with Crippen LogP contribution < -0.4 is 0 Å². The second kappa shape index (κ2) is 4.83. The van der Waals surface area contributed by atoms with E-state index in [0.29, 0.717) is 5.69 Å². The lowest BCUT2D eigenvalue weighted by molar-refractivity contribution is 1.19. The van der Waals surface area contributed by atoms with Gasteiger partial charge >= 0.3 is 0 Å². The summed E-state index contributed by atoms with van der Waals surface area (Å²) >= 11 is 16.5. The maximum Gasteiger partial charge on any atom is 0.151 e. The number of nitrogens with zero attached hydrogens (tertiary/aromatic N) is 1. The molecule has 1 aromatic heterocycles. The first kappa shape index (κ1) is 11.4. The van der Waals surface area contributed by atoms with E-state index in [9.17, 15) is 0 Å². The monoisotopic (exact) mass is 321 g/mol. The Morgan fingerprint density at radius 2 is 1.87 bits per heavy atom. The molecule has 0 spiro atoms. The molecule has 0 aliphatic heterocycles.